The maximum atomic E-state index is 3.89. The fraction of sp³-hybridized carbons (Fsp3) is 0.429. The Morgan fingerprint density at radius 2 is 1.75 bits per heavy atom. The molecule has 0 aromatic rings. The largest absolute Gasteiger partial charge is 0.0998 e. The van der Waals surface area contributed by atoms with E-state index in [0.717, 1.165) is 0 Å². The summed E-state index contributed by atoms with van der Waals surface area (Å²) in [6.07, 6.45) is 1.87. The van der Waals surface area contributed by atoms with E-state index in [2.05, 4.69) is 32.8 Å². The van der Waals surface area contributed by atoms with Gasteiger partial charge in [-0.25, -0.2) is 0 Å². The molecule has 0 fully saturated rings. The summed E-state index contributed by atoms with van der Waals surface area (Å²) in [7, 11) is -1.07. The minimum atomic E-state index is -1.07. The third-order valence-electron chi connectivity index (χ3n) is 1.21. The van der Waals surface area contributed by atoms with E-state index in [9.17, 15) is 0 Å². The molecule has 0 heterocycles. The predicted octanol–water partition coefficient (Wildman–Crippen LogP) is 2.61. The van der Waals surface area contributed by atoms with Gasteiger partial charge in [0.1, 0.15) is 0 Å². The maximum Gasteiger partial charge on any atom is 0.0767 e. The summed E-state index contributed by atoms with van der Waals surface area (Å²) in [5.41, 5.74) is 0. The van der Waals surface area contributed by atoms with Gasteiger partial charge in [-0.3, -0.25) is 0 Å². The van der Waals surface area contributed by atoms with Crippen molar-refractivity contribution < 1.29 is 0 Å². The molecule has 0 amide bonds. The van der Waals surface area contributed by atoms with Gasteiger partial charge in [-0.1, -0.05) is 44.1 Å². The Labute approximate surface area is 52.9 Å². The third kappa shape index (κ3) is 2.12. The fourth-order valence-corrected chi connectivity index (χ4v) is 0.919. The molecule has 0 N–H and O–H groups in total. The molecule has 0 aliphatic rings. The smallest absolute Gasteiger partial charge is 0.0767 e. The molecule has 46 valence electrons. The third-order valence-corrected chi connectivity index (χ3v) is 3.34. The number of hydrogen-bond acceptors (Lipinski definition) is 0. The molecule has 0 nitrogen and oxygen atoms in total. The van der Waals surface area contributed by atoms with Crippen LogP contribution in [-0.4, -0.2) is 8.07 Å². The molecule has 0 bridgehead atoms. The lowest BCUT2D eigenvalue weighted by Crippen LogP contribution is -2.21. The molecule has 0 radical (unpaired) electrons. The summed E-state index contributed by atoms with van der Waals surface area (Å²) in [4.78, 5) is 0. The normalized spacial score (nSPS) is 10.9. The molecule has 0 spiro atoms. The summed E-state index contributed by atoms with van der Waals surface area (Å²) >= 11 is 0. The van der Waals surface area contributed by atoms with E-state index in [-0.39, 0.29) is 0 Å². The quantitative estimate of drug-likeness (QED) is 0.394. The second-order valence-electron chi connectivity index (χ2n) is 2.98. The summed E-state index contributed by atoms with van der Waals surface area (Å²) in [5.74, 6) is 0. The van der Waals surface area contributed by atoms with Gasteiger partial charge in [0.2, 0.25) is 0 Å². The van der Waals surface area contributed by atoms with Crippen LogP contribution in [0.5, 0.6) is 0 Å². The highest BCUT2D eigenvalue weighted by molar-refractivity contribution is 6.83. The van der Waals surface area contributed by atoms with Gasteiger partial charge in [0.25, 0.3) is 0 Å². The Hall–Kier alpha value is -0.303. The fourth-order valence-electron chi connectivity index (χ4n) is 0.306. The summed E-state index contributed by atoms with van der Waals surface area (Å²) in [6.45, 7) is 14.3. The molecule has 0 aliphatic carbocycles. The van der Waals surface area contributed by atoms with E-state index >= 15 is 0 Å². The van der Waals surface area contributed by atoms with E-state index < -0.39 is 8.07 Å². The average Bonchev–Trinajstić information content (AvgIpc) is 1.62. The van der Waals surface area contributed by atoms with Crippen molar-refractivity contribution >= 4 is 8.07 Å². The lowest BCUT2D eigenvalue weighted by atomic mass is 10.6. The highest BCUT2D eigenvalue weighted by Gasteiger charge is 2.13. The van der Waals surface area contributed by atoms with Crippen LogP contribution in [0.4, 0.5) is 0 Å². The van der Waals surface area contributed by atoms with Crippen molar-refractivity contribution in [3.8, 4) is 0 Å². The van der Waals surface area contributed by atoms with Gasteiger partial charge in [-0.2, -0.15) is 0 Å². The molecule has 0 atom stereocenters. The van der Waals surface area contributed by atoms with Gasteiger partial charge in [-0.15, -0.1) is 0 Å². The van der Waals surface area contributed by atoms with Crippen molar-refractivity contribution in [2.24, 2.45) is 0 Å². The van der Waals surface area contributed by atoms with Gasteiger partial charge in [-0.05, 0) is 0 Å². The second kappa shape index (κ2) is 2.31. The number of rotatable bonds is 2. The molecule has 0 unspecified atom stereocenters. The molecule has 1 heteroatoms. The van der Waals surface area contributed by atoms with Crippen molar-refractivity contribution in [2.45, 2.75) is 19.6 Å². The molecule has 0 rings (SSSR count). The van der Waals surface area contributed by atoms with Crippen LogP contribution in [0.1, 0.15) is 0 Å². The van der Waals surface area contributed by atoms with Crippen molar-refractivity contribution in [1.29, 1.82) is 0 Å². The summed E-state index contributed by atoms with van der Waals surface area (Å²) in [6, 6.07) is 0. The lowest BCUT2D eigenvalue weighted by molar-refractivity contribution is 1.69. The van der Waals surface area contributed by atoms with Gasteiger partial charge in [0.15, 0.2) is 0 Å². The van der Waals surface area contributed by atoms with Gasteiger partial charge in [0, 0.05) is 0 Å². The van der Waals surface area contributed by atoms with Crippen LogP contribution in [-0.2, 0) is 0 Å². The summed E-state index contributed by atoms with van der Waals surface area (Å²) in [5, 5.41) is 1.23. The van der Waals surface area contributed by atoms with Crippen molar-refractivity contribution in [3.05, 3.63) is 24.4 Å². The topological polar surface area (TPSA) is 0 Å². The average molecular weight is 126 g/mol. The first-order chi connectivity index (χ1) is 3.48. The van der Waals surface area contributed by atoms with Gasteiger partial charge < -0.3 is 0 Å². The van der Waals surface area contributed by atoms with Crippen molar-refractivity contribution in [1.82, 2.24) is 0 Å². The first kappa shape index (κ1) is 7.70. The SMILES string of the molecule is C=CC(=C)[Si](C)(C)C. The maximum absolute atomic E-state index is 3.89. The number of allylic oxidation sites excluding steroid dienone is 2. The molecular formula is C7H14Si. The van der Waals surface area contributed by atoms with Crippen LogP contribution >= 0.6 is 0 Å². The molecular weight excluding hydrogens is 112 g/mol. The van der Waals surface area contributed by atoms with Crippen LogP contribution in [0.2, 0.25) is 19.6 Å². The van der Waals surface area contributed by atoms with E-state index in [0.29, 0.717) is 0 Å². The number of hydrogen-bond donors (Lipinski definition) is 0. The molecule has 0 saturated carbocycles. The molecule has 0 aliphatic heterocycles. The second-order valence-corrected chi connectivity index (χ2v) is 8.12. The van der Waals surface area contributed by atoms with Gasteiger partial charge in [0.05, 0.1) is 8.07 Å². The zero-order valence-corrected chi connectivity index (χ0v) is 6.99. The van der Waals surface area contributed by atoms with E-state index in [1.54, 1.807) is 0 Å². The zero-order valence-electron chi connectivity index (χ0n) is 5.99. The van der Waals surface area contributed by atoms with Crippen LogP contribution in [0.3, 0.4) is 0 Å². The highest BCUT2D eigenvalue weighted by atomic mass is 28.3. The van der Waals surface area contributed by atoms with Crippen LogP contribution in [0.25, 0.3) is 0 Å². The Balaban J connectivity index is 4.02. The van der Waals surface area contributed by atoms with Crippen molar-refractivity contribution in [3.63, 3.8) is 0 Å². The Morgan fingerprint density at radius 3 is 1.75 bits per heavy atom. The Morgan fingerprint density at radius 1 is 1.38 bits per heavy atom. The lowest BCUT2D eigenvalue weighted by Gasteiger charge is -2.14. The summed E-state index contributed by atoms with van der Waals surface area (Å²) < 4.78 is 0. The zero-order chi connectivity index (χ0) is 6.78. The monoisotopic (exact) mass is 126 g/mol. The molecule has 0 aromatic heterocycles. The molecule has 8 heavy (non-hydrogen) atoms. The Bertz CT molecular complexity index is 106. The van der Waals surface area contributed by atoms with Crippen LogP contribution < -0.4 is 0 Å². The van der Waals surface area contributed by atoms with Crippen molar-refractivity contribution in [2.75, 3.05) is 0 Å². The first-order valence-electron chi connectivity index (χ1n) is 2.80. The molecule has 0 aromatic carbocycles. The predicted molar refractivity (Wildman–Crippen MR) is 42.7 cm³/mol. The minimum Gasteiger partial charge on any atom is -0.0998 e. The standard InChI is InChI=1S/C7H14Si/c1-6-7(2)8(3,4)5/h6H,1-2H2,3-5H3. The molecule has 0 saturated heterocycles. The van der Waals surface area contributed by atoms with E-state index in [4.69, 9.17) is 0 Å². The first-order valence-corrected chi connectivity index (χ1v) is 6.30. The minimum absolute atomic E-state index is 1.07. The van der Waals surface area contributed by atoms with Crippen LogP contribution in [0, 0.1) is 0 Å². The van der Waals surface area contributed by atoms with E-state index in [1.807, 2.05) is 6.08 Å². The Kier molecular flexibility index (Phi) is 2.22. The van der Waals surface area contributed by atoms with Gasteiger partial charge >= 0.3 is 0 Å². The van der Waals surface area contributed by atoms with Crippen LogP contribution in [0.15, 0.2) is 24.4 Å². The highest BCUT2D eigenvalue weighted by Crippen LogP contribution is 2.11. The van der Waals surface area contributed by atoms with E-state index in [1.165, 1.54) is 5.20 Å².